The Balaban J connectivity index is 0.000000216. The smallest absolute Gasteiger partial charge is 0.0307 e. The van der Waals surface area contributed by atoms with Gasteiger partial charge < -0.3 is 0 Å². The van der Waals surface area contributed by atoms with E-state index in [1.54, 1.807) is 0 Å². The van der Waals surface area contributed by atoms with Crippen LogP contribution in [0.2, 0.25) is 13.1 Å². The van der Waals surface area contributed by atoms with Gasteiger partial charge in [0.25, 0.3) is 0 Å². The molecule has 0 bridgehead atoms. The Bertz CT molecular complexity index is 1620. The van der Waals surface area contributed by atoms with E-state index in [9.17, 15) is 0 Å². The van der Waals surface area contributed by atoms with Crippen molar-refractivity contribution in [2.24, 2.45) is 0 Å². The van der Waals surface area contributed by atoms with Crippen molar-refractivity contribution in [3.8, 4) is 22.3 Å². The molecule has 0 N–H and O–H groups in total. The van der Waals surface area contributed by atoms with Gasteiger partial charge in [-0.1, -0.05) is 125 Å². The summed E-state index contributed by atoms with van der Waals surface area (Å²) in [5.41, 5.74) is 11.0. The van der Waals surface area contributed by atoms with Crippen molar-refractivity contribution in [2.45, 2.75) is 79.3 Å². The van der Waals surface area contributed by atoms with E-state index >= 15 is 0 Å². The third-order valence-electron chi connectivity index (χ3n) is 8.78. The average molecular weight is 759 g/mol. The minimum atomic E-state index is 0. The van der Waals surface area contributed by atoms with Crippen LogP contribution in [0.1, 0.15) is 74.6 Å². The molecule has 0 nitrogen and oxygen atoms in total. The summed E-state index contributed by atoms with van der Waals surface area (Å²) < 4.78 is 0. The van der Waals surface area contributed by atoms with Crippen molar-refractivity contribution in [3.63, 3.8) is 0 Å². The summed E-state index contributed by atoms with van der Waals surface area (Å²) in [4.78, 5) is 0. The van der Waals surface area contributed by atoms with Crippen LogP contribution in [0.4, 0.5) is 0 Å². The van der Waals surface area contributed by atoms with Crippen molar-refractivity contribution in [1.29, 1.82) is 0 Å². The quantitative estimate of drug-likeness (QED) is 0.117. The maximum absolute atomic E-state index is 2.38. The van der Waals surface area contributed by atoms with Gasteiger partial charge in [-0.3, -0.25) is 0 Å². The van der Waals surface area contributed by atoms with Gasteiger partial charge in [-0.25, -0.2) is 0 Å². The standard InChI is InChI=1S/2C20H21.C2H6Si.Hf/c2*1-4-14(2)17-12-16-9-7-11-19(20(16)13-17)18-10-6-5-8-15(18)3;1-3-2;/h2*5-14H,4H2,1-3H3;1-2H3;/q2*-1;;. The first kappa shape index (κ1) is 35.7. The third-order valence-corrected chi connectivity index (χ3v) is 8.78. The summed E-state index contributed by atoms with van der Waals surface area (Å²) >= 11 is 0. The molecule has 0 aliphatic heterocycles. The molecule has 6 aromatic rings. The van der Waals surface area contributed by atoms with Crippen LogP contribution >= 0.6 is 0 Å². The van der Waals surface area contributed by atoms with Crippen molar-refractivity contribution in [3.05, 3.63) is 131 Å². The second-order valence-electron chi connectivity index (χ2n) is 11.9. The zero-order valence-corrected chi connectivity index (χ0v) is 32.6. The van der Waals surface area contributed by atoms with E-state index in [1.165, 1.54) is 78.9 Å². The minimum Gasteiger partial charge on any atom is -0.164 e. The van der Waals surface area contributed by atoms with Crippen molar-refractivity contribution in [2.75, 3.05) is 0 Å². The predicted octanol–water partition coefficient (Wildman–Crippen LogP) is 12.9. The van der Waals surface area contributed by atoms with E-state index < -0.39 is 0 Å². The Morgan fingerprint density at radius 1 is 0.545 bits per heavy atom. The first-order valence-electron chi connectivity index (χ1n) is 15.9. The van der Waals surface area contributed by atoms with E-state index in [2.05, 4.69) is 164 Å². The van der Waals surface area contributed by atoms with Crippen LogP contribution in [-0.2, 0) is 25.8 Å². The Morgan fingerprint density at radius 3 is 1.23 bits per heavy atom. The van der Waals surface area contributed by atoms with Gasteiger partial charge in [0.1, 0.15) is 0 Å². The van der Waals surface area contributed by atoms with Gasteiger partial charge in [-0.15, -0.1) is 69.1 Å². The number of aryl methyl sites for hydroxylation is 2. The van der Waals surface area contributed by atoms with Gasteiger partial charge in [-0.2, -0.15) is 12.1 Å². The van der Waals surface area contributed by atoms with Crippen LogP contribution in [-0.4, -0.2) is 9.52 Å². The van der Waals surface area contributed by atoms with E-state index in [1.807, 2.05) is 0 Å². The molecule has 0 aliphatic rings. The molecule has 6 rings (SSSR count). The summed E-state index contributed by atoms with van der Waals surface area (Å²) in [7, 11) is 1.08. The zero-order valence-electron chi connectivity index (χ0n) is 28.0. The van der Waals surface area contributed by atoms with Crippen LogP contribution in [0.5, 0.6) is 0 Å². The largest absolute Gasteiger partial charge is 0.164 e. The summed E-state index contributed by atoms with van der Waals surface area (Å²) in [6, 6.07) is 40.0. The van der Waals surface area contributed by atoms with Crippen molar-refractivity contribution in [1.82, 2.24) is 0 Å². The molecule has 226 valence electrons. The fourth-order valence-corrected chi connectivity index (χ4v) is 5.78. The van der Waals surface area contributed by atoms with Crippen LogP contribution in [0, 0.1) is 13.8 Å². The molecule has 0 aromatic heterocycles. The van der Waals surface area contributed by atoms with Gasteiger partial charge in [0.2, 0.25) is 0 Å². The Labute approximate surface area is 288 Å². The topological polar surface area (TPSA) is 0 Å². The zero-order chi connectivity index (χ0) is 30.9. The summed E-state index contributed by atoms with van der Waals surface area (Å²) in [5.74, 6) is 1.26. The fraction of sp³-hybridized carbons (Fsp3) is 0.286. The second kappa shape index (κ2) is 17.0. The molecule has 0 fully saturated rings. The minimum absolute atomic E-state index is 0. The Morgan fingerprint density at radius 2 is 0.886 bits per heavy atom. The molecule has 2 unspecified atom stereocenters. The van der Waals surface area contributed by atoms with Crippen LogP contribution < -0.4 is 0 Å². The summed E-state index contributed by atoms with van der Waals surface area (Å²) in [6.07, 6.45) is 2.38. The average Bonchev–Trinajstić information content (AvgIpc) is 3.67. The van der Waals surface area contributed by atoms with Crippen LogP contribution in [0.15, 0.2) is 109 Å². The van der Waals surface area contributed by atoms with Crippen LogP contribution in [0.25, 0.3) is 43.8 Å². The summed E-state index contributed by atoms with van der Waals surface area (Å²) in [6.45, 7) is 17.8. The molecule has 0 spiro atoms. The molecule has 2 atom stereocenters. The normalized spacial score (nSPS) is 12.0. The molecule has 6 aromatic carbocycles. The number of hydrogen-bond donors (Lipinski definition) is 0. The number of fused-ring (bicyclic) bond motifs is 2. The Hall–Kier alpha value is -2.81. The first-order chi connectivity index (χ1) is 20.8. The van der Waals surface area contributed by atoms with Gasteiger partial charge in [0, 0.05) is 35.4 Å². The molecule has 0 aliphatic carbocycles. The maximum Gasteiger partial charge on any atom is 0.0307 e. The maximum atomic E-state index is 2.38. The number of rotatable bonds is 6. The second-order valence-corrected chi connectivity index (χ2v) is 12.9. The molecular formula is C42H48HfSi-2. The molecule has 0 heterocycles. The number of hydrogen-bond acceptors (Lipinski definition) is 0. The monoisotopic (exact) mass is 760 g/mol. The Kier molecular flexibility index (Phi) is 13.8. The van der Waals surface area contributed by atoms with Crippen molar-refractivity contribution < 1.29 is 25.8 Å². The molecule has 0 saturated carbocycles. The molecule has 0 amide bonds. The predicted molar refractivity (Wildman–Crippen MR) is 194 cm³/mol. The van der Waals surface area contributed by atoms with Crippen molar-refractivity contribution >= 4 is 31.1 Å². The first-order valence-corrected chi connectivity index (χ1v) is 17.9. The van der Waals surface area contributed by atoms with E-state index in [0.29, 0.717) is 11.8 Å². The molecular weight excluding hydrogens is 711 g/mol. The SMILES string of the molecule is CCC(C)c1cc2c(-c3ccccc3C)cccc2[cH-]1.CCC(C)c1cc2c(-c3ccccc3C)cccc2[cH-]1.C[Si]C.[Hf]. The number of benzene rings is 4. The van der Waals surface area contributed by atoms with E-state index in [-0.39, 0.29) is 25.8 Å². The summed E-state index contributed by atoms with van der Waals surface area (Å²) in [5, 5.41) is 5.50. The van der Waals surface area contributed by atoms with E-state index in [4.69, 9.17) is 0 Å². The van der Waals surface area contributed by atoms with Crippen LogP contribution in [0.3, 0.4) is 0 Å². The fourth-order valence-electron chi connectivity index (χ4n) is 5.78. The molecule has 0 saturated heterocycles. The van der Waals surface area contributed by atoms with Gasteiger partial charge in [0.15, 0.2) is 0 Å². The molecule has 2 radical (unpaired) electrons. The molecule has 44 heavy (non-hydrogen) atoms. The van der Waals surface area contributed by atoms with Gasteiger partial charge in [0.05, 0.1) is 0 Å². The van der Waals surface area contributed by atoms with E-state index in [0.717, 1.165) is 9.52 Å². The third kappa shape index (κ3) is 8.26. The van der Waals surface area contributed by atoms with Gasteiger partial charge in [-0.05, 0) is 47.9 Å². The molecule has 2 heteroatoms. The van der Waals surface area contributed by atoms with Gasteiger partial charge >= 0.3 is 0 Å².